The van der Waals surface area contributed by atoms with Crippen LogP contribution in [-0.2, 0) is 0 Å². The topological polar surface area (TPSA) is 93.5 Å². The molecule has 1 amide bonds. The molecule has 0 bridgehead atoms. The summed E-state index contributed by atoms with van der Waals surface area (Å²) in [6.45, 7) is 3.70. The van der Waals surface area contributed by atoms with Crippen molar-refractivity contribution >= 4 is 35.8 Å². The molecule has 1 aromatic rings. The van der Waals surface area contributed by atoms with Crippen LogP contribution in [0.25, 0.3) is 0 Å². The second-order valence-corrected chi connectivity index (χ2v) is 6.38. The summed E-state index contributed by atoms with van der Waals surface area (Å²) in [5.74, 6) is 0.273. The molecule has 0 aromatic heterocycles. The maximum Gasteiger partial charge on any atom is 0.285 e. The van der Waals surface area contributed by atoms with E-state index >= 15 is 0 Å². The quantitative estimate of drug-likeness (QED) is 0.466. The lowest BCUT2D eigenvalue weighted by atomic mass is 9.95. The summed E-state index contributed by atoms with van der Waals surface area (Å²) in [5, 5.41) is 17.5. The summed E-state index contributed by atoms with van der Waals surface area (Å²) in [5.41, 5.74) is -0.162. The van der Waals surface area contributed by atoms with Crippen molar-refractivity contribution in [1.82, 2.24) is 10.6 Å². The molecule has 1 aromatic carbocycles. The van der Waals surface area contributed by atoms with Crippen LogP contribution in [0.2, 0.25) is 0 Å². The van der Waals surface area contributed by atoms with Crippen LogP contribution in [0.4, 0.5) is 5.69 Å². The molecule has 0 saturated carbocycles. The number of methoxy groups -OCH3 is 1. The molecule has 1 heterocycles. The third kappa shape index (κ3) is 4.52. The fourth-order valence-electron chi connectivity index (χ4n) is 2.68. The van der Waals surface area contributed by atoms with E-state index in [0.29, 0.717) is 10.6 Å². The molecule has 0 spiro atoms. The van der Waals surface area contributed by atoms with Crippen molar-refractivity contribution in [2.45, 2.75) is 24.3 Å². The Morgan fingerprint density at radius 1 is 1.50 bits per heavy atom. The van der Waals surface area contributed by atoms with E-state index in [2.05, 4.69) is 10.6 Å². The fourth-order valence-corrected chi connectivity index (χ4v) is 3.25. The van der Waals surface area contributed by atoms with Crippen molar-refractivity contribution in [2.24, 2.45) is 5.92 Å². The molecule has 7 nitrogen and oxygen atoms in total. The highest BCUT2D eigenvalue weighted by atomic mass is 35.5. The third-order valence-electron chi connectivity index (χ3n) is 4.05. The largest absolute Gasteiger partial charge is 0.495 e. The number of piperidine rings is 1. The standard InChI is InChI=1S/C15H21N3O4S.ClH/c1-9-8-16-5-4-11(9)17-15(19)10-6-14(23-3)13(22-2)7-12(10)18(20)21;/h6-7,9,11,16H,4-5,8H2,1-3H3,(H,17,19);1H. The number of benzene rings is 1. The number of hydrogen-bond acceptors (Lipinski definition) is 6. The second-order valence-electron chi connectivity index (χ2n) is 5.53. The zero-order valence-electron chi connectivity index (χ0n) is 13.8. The lowest BCUT2D eigenvalue weighted by Gasteiger charge is -2.30. The van der Waals surface area contributed by atoms with Gasteiger partial charge in [-0.25, -0.2) is 0 Å². The first-order valence-electron chi connectivity index (χ1n) is 7.40. The van der Waals surface area contributed by atoms with Gasteiger partial charge in [0.2, 0.25) is 0 Å². The lowest BCUT2D eigenvalue weighted by molar-refractivity contribution is -0.385. The van der Waals surface area contributed by atoms with Gasteiger partial charge in [-0.05, 0) is 37.8 Å². The van der Waals surface area contributed by atoms with Gasteiger partial charge in [0.25, 0.3) is 11.6 Å². The van der Waals surface area contributed by atoms with Crippen LogP contribution >= 0.6 is 24.2 Å². The smallest absolute Gasteiger partial charge is 0.285 e. The number of nitrogens with zero attached hydrogens (tertiary/aromatic N) is 1. The SMILES string of the molecule is COc1cc([N+](=O)[O-])c(C(=O)NC2CCNCC2C)cc1SC.Cl. The van der Waals surface area contributed by atoms with Crippen LogP contribution in [0.1, 0.15) is 23.7 Å². The van der Waals surface area contributed by atoms with Gasteiger partial charge in [0.15, 0.2) is 0 Å². The number of ether oxygens (including phenoxy) is 1. The van der Waals surface area contributed by atoms with E-state index in [0.717, 1.165) is 19.5 Å². The molecule has 134 valence electrons. The van der Waals surface area contributed by atoms with Crippen molar-refractivity contribution in [3.8, 4) is 5.75 Å². The minimum atomic E-state index is -0.548. The minimum Gasteiger partial charge on any atom is -0.495 e. The highest BCUT2D eigenvalue weighted by Gasteiger charge is 2.28. The Labute approximate surface area is 151 Å². The predicted octanol–water partition coefficient (Wildman–Crippen LogP) is 2.47. The van der Waals surface area contributed by atoms with Crippen LogP contribution in [-0.4, -0.2) is 43.3 Å². The van der Waals surface area contributed by atoms with Crippen LogP contribution in [0.5, 0.6) is 5.75 Å². The van der Waals surface area contributed by atoms with Gasteiger partial charge in [-0.1, -0.05) is 6.92 Å². The fraction of sp³-hybridized carbons (Fsp3) is 0.533. The Bertz CT molecular complexity index is 615. The number of nitrogens with one attached hydrogen (secondary N) is 2. The van der Waals surface area contributed by atoms with E-state index in [1.54, 1.807) is 0 Å². The van der Waals surface area contributed by atoms with Crippen LogP contribution < -0.4 is 15.4 Å². The number of amides is 1. The van der Waals surface area contributed by atoms with Crippen molar-refractivity contribution < 1.29 is 14.5 Å². The summed E-state index contributed by atoms with van der Waals surface area (Å²) < 4.78 is 5.16. The summed E-state index contributed by atoms with van der Waals surface area (Å²) >= 11 is 1.38. The molecule has 1 aliphatic rings. The molecule has 1 saturated heterocycles. The first-order valence-corrected chi connectivity index (χ1v) is 8.62. The number of nitro benzene ring substituents is 1. The highest BCUT2D eigenvalue weighted by Crippen LogP contribution is 2.34. The number of halogens is 1. The monoisotopic (exact) mass is 375 g/mol. The molecular formula is C15H22ClN3O4S. The van der Waals surface area contributed by atoms with Crippen molar-refractivity contribution in [3.63, 3.8) is 0 Å². The molecule has 0 radical (unpaired) electrons. The first-order chi connectivity index (χ1) is 11.0. The van der Waals surface area contributed by atoms with Crippen LogP contribution in [0.15, 0.2) is 17.0 Å². The Morgan fingerprint density at radius 2 is 2.21 bits per heavy atom. The molecule has 2 rings (SSSR count). The Morgan fingerprint density at radius 3 is 2.75 bits per heavy atom. The van der Waals surface area contributed by atoms with Gasteiger partial charge in [0.1, 0.15) is 11.3 Å². The average molecular weight is 376 g/mol. The Balaban J connectivity index is 0.00000288. The zero-order chi connectivity index (χ0) is 17.0. The third-order valence-corrected chi connectivity index (χ3v) is 4.80. The van der Waals surface area contributed by atoms with Gasteiger partial charge in [-0.2, -0.15) is 0 Å². The zero-order valence-corrected chi connectivity index (χ0v) is 15.5. The molecular weight excluding hydrogens is 354 g/mol. The van der Waals surface area contributed by atoms with E-state index in [1.807, 2.05) is 13.2 Å². The minimum absolute atomic E-state index is 0. The number of carbonyl (C=O) groups is 1. The Kier molecular flexibility index (Phi) is 7.78. The predicted molar refractivity (Wildman–Crippen MR) is 96.6 cm³/mol. The van der Waals surface area contributed by atoms with Crippen molar-refractivity contribution in [2.75, 3.05) is 26.5 Å². The maximum absolute atomic E-state index is 12.6. The second kappa shape index (κ2) is 9.10. The van der Waals surface area contributed by atoms with Gasteiger partial charge >= 0.3 is 0 Å². The van der Waals surface area contributed by atoms with Crippen molar-refractivity contribution in [1.29, 1.82) is 0 Å². The molecule has 2 N–H and O–H groups in total. The summed E-state index contributed by atoms with van der Waals surface area (Å²) in [4.78, 5) is 24.0. The lowest BCUT2D eigenvalue weighted by Crippen LogP contribution is -2.48. The van der Waals surface area contributed by atoms with Crippen LogP contribution in [0.3, 0.4) is 0 Å². The van der Waals surface area contributed by atoms with E-state index in [-0.39, 0.29) is 35.6 Å². The highest BCUT2D eigenvalue weighted by molar-refractivity contribution is 7.98. The van der Waals surface area contributed by atoms with Crippen molar-refractivity contribution in [3.05, 3.63) is 27.8 Å². The normalized spacial score (nSPS) is 20.0. The summed E-state index contributed by atoms with van der Waals surface area (Å²) in [6.07, 6.45) is 2.65. The number of hydrogen-bond donors (Lipinski definition) is 2. The van der Waals surface area contributed by atoms with Gasteiger partial charge < -0.3 is 15.4 Å². The van der Waals surface area contributed by atoms with Gasteiger partial charge in [0.05, 0.1) is 23.0 Å². The van der Waals surface area contributed by atoms with Gasteiger partial charge in [0, 0.05) is 6.04 Å². The summed E-state index contributed by atoms with van der Waals surface area (Å²) in [6, 6.07) is 2.86. The summed E-state index contributed by atoms with van der Waals surface area (Å²) in [7, 11) is 1.45. The molecule has 24 heavy (non-hydrogen) atoms. The van der Waals surface area contributed by atoms with E-state index in [9.17, 15) is 14.9 Å². The van der Waals surface area contributed by atoms with E-state index < -0.39 is 10.8 Å². The Hall–Kier alpha value is -1.51. The van der Waals surface area contributed by atoms with Gasteiger partial charge in [-0.15, -0.1) is 24.2 Å². The van der Waals surface area contributed by atoms with Crippen LogP contribution in [0, 0.1) is 16.0 Å². The first kappa shape index (κ1) is 20.5. The molecule has 1 fully saturated rings. The maximum atomic E-state index is 12.6. The molecule has 9 heteroatoms. The van der Waals surface area contributed by atoms with Gasteiger partial charge in [-0.3, -0.25) is 14.9 Å². The molecule has 1 aliphatic heterocycles. The van der Waals surface area contributed by atoms with E-state index in [4.69, 9.17) is 4.74 Å². The molecule has 0 aliphatic carbocycles. The average Bonchev–Trinajstić information content (AvgIpc) is 2.55. The molecule has 2 atom stereocenters. The number of thioether (sulfide) groups is 1. The number of carbonyl (C=O) groups excluding carboxylic acids is 1. The number of rotatable bonds is 5. The number of nitro groups is 1. The molecule has 2 unspecified atom stereocenters. The van der Waals surface area contributed by atoms with E-state index in [1.165, 1.54) is 31.0 Å².